The standard InChI is InChI=1S/C9H11NO4S/c1-6(15(10,13)14)7-2-4-8(5-3-7)9(11)12/h2-6H,1H3,(H,11,12)(H2,10,13,14)/t6-/m0/s1. The molecule has 15 heavy (non-hydrogen) atoms. The fraction of sp³-hybridized carbons (Fsp3) is 0.222. The van der Waals surface area contributed by atoms with Crippen LogP contribution in [0, 0.1) is 0 Å². The molecule has 82 valence electrons. The maximum absolute atomic E-state index is 11.0. The summed E-state index contributed by atoms with van der Waals surface area (Å²) in [6, 6.07) is 5.58. The molecule has 0 aromatic heterocycles. The maximum Gasteiger partial charge on any atom is 0.335 e. The van der Waals surface area contributed by atoms with E-state index in [1.807, 2.05) is 0 Å². The molecule has 1 atom stereocenters. The number of rotatable bonds is 3. The largest absolute Gasteiger partial charge is 0.478 e. The summed E-state index contributed by atoms with van der Waals surface area (Å²) in [5.41, 5.74) is 0.586. The van der Waals surface area contributed by atoms with Crippen LogP contribution >= 0.6 is 0 Å². The van der Waals surface area contributed by atoms with Crippen molar-refractivity contribution < 1.29 is 18.3 Å². The number of sulfonamides is 1. The molecule has 0 unspecified atom stereocenters. The van der Waals surface area contributed by atoms with E-state index in [0.717, 1.165) is 0 Å². The fourth-order valence-corrected chi connectivity index (χ4v) is 1.62. The highest BCUT2D eigenvalue weighted by Crippen LogP contribution is 2.19. The van der Waals surface area contributed by atoms with Crippen LogP contribution in [0.15, 0.2) is 24.3 Å². The zero-order chi connectivity index (χ0) is 11.6. The first-order valence-corrected chi connectivity index (χ1v) is 5.78. The Morgan fingerprint density at radius 2 is 1.80 bits per heavy atom. The normalized spacial score (nSPS) is 13.5. The van der Waals surface area contributed by atoms with Crippen LogP contribution in [0.3, 0.4) is 0 Å². The highest BCUT2D eigenvalue weighted by atomic mass is 32.2. The van der Waals surface area contributed by atoms with E-state index in [-0.39, 0.29) is 5.56 Å². The molecule has 0 heterocycles. The Balaban J connectivity index is 3.05. The van der Waals surface area contributed by atoms with Gasteiger partial charge in [-0.25, -0.2) is 18.4 Å². The summed E-state index contributed by atoms with van der Waals surface area (Å²) in [4.78, 5) is 10.5. The molecule has 0 bridgehead atoms. The third-order valence-corrected chi connectivity index (χ3v) is 3.38. The van der Waals surface area contributed by atoms with E-state index in [4.69, 9.17) is 10.2 Å². The monoisotopic (exact) mass is 229 g/mol. The lowest BCUT2D eigenvalue weighted by atomic mass is 10.1. The fourth-order valence-electron chi connectivity index (χ4n) is 1.09. The van der Waals surface area contributed by atoms with Gasteiger partial charge in [-0.1, -0.05) is 12.1 Å². The smallest absolute Gasteiger partial charge is 0.335 e. The summed E-state index contributed by atoms with van der Waals surface area (Å²) in [7, 11) is -3.64. The molecular weight excluding hydrogens is 218 g/mol. The topological polar surface area (TPSA) is 97.5 Å². The number of hydrogen-bond acceptors (Lipinski definition) is 3. The number of benzene rings is 1. The molecule has 0 radical (unpaired) electrons. The van der Waals surface area contributed by atoms with E-state index in [2.05, 4.69) is 0 Å². The second-order valence-electron chi connectivity index (χ2n) is 3.16. The van der Waals surface area contributed by atoms with E-state index in [9.17, 15) is 13.2 Å². The summed E-state index contributed by atoms with van der Waals surface area (Å²) in [5.74, 6) is -1.05. The van der Waals surface area contributed by atoms with Gasteiger partial charge in [0, 0.05) is 0 Å². The lowest BCUT2D eigenvalue weighted by molar-refractivity contribution is 0.0697. The Kier molecular flexibility index (Phi) is 3.11. The summed E-state index contributed by atoms with van der Waals surface area (Å²) < 4.78 is 22.0. The molecule has 1 rings (SSSR count). The number of carboxylic acids is 1. The van der Waals surface area contributed by atoms with Gasteiger partial charge in [-0.3, -0.25) is 0 Å². The van der Waals surface area contributed by atoms with Crippen molar-refractivity contribution in [1.82, 2.24) is 0 Å². The van der Waals surface area contributed by atoms with E-state index >= 15 is 0 Å². The maximum atomic E-state index is 11.0. The van der Waals surface area contributed by atoms with Crippen molar-refractivity contribution in [2.45, 2.75) is 12.2 Å². The van der Waals surface area contributed by atoms with E-state index in [1.165, 1.54) is 31.2 Å². The zero-order valence-electron chi connectivity index (χ0n) is 8.04. The van der Waals surface area contributed by atoms with Crippen LogP contribution in [0.1, 0.15) is 28.1 Å². The van der Waals surface area contributed by atoms with Gasteiger partial charge < -0.3 is 5.11 Å². The van der Waals surface area contributed by atoms with Crippen molar-refractivity contribution in [3.63, 3.8) is 0 Å². The van der Waals surface area contributed by atoms with Gasteiger partial charge in [-0.05, 0) is 24.6 Å². The number of carboxylic acid groups (broad SMARTS) is 1. The molecule has 0 aliphatic rings. The van der Waals surface area contributed by atoms with E-state index in [0.29, 0.717) is 5.56 Å². The van der Waals surface area contributed by atoms with Crippen LogP contribution in [0.25, 0.3) is 0 Å². The molecule has 1 aromatic rings. The quantitative estimate of drug-likeness (QED) is 0.798. The Morgan fingerprint density at radius 3 is 2.13 bits per heavy atom. The van der Waals surface area contributed by atoms with Crippen molar-refractivity contribution in [1.29, 1.82) is 0 Å². The molecule has 0 saturated heterocycles. The van der Waals surface area contributed by atoms with Gasteiger partial charge in [0.1, 0.15) is 0 Å². The Labute approximate surface area is 87.6 Å². The van der Waals surface area contributed by atoms with E-state index < -0.39 is 21.2 Å². The summed E-state index contributed by atoms with van der Waals surface area (Å²) in [6.07, 6.45) is 0. The summed E-state index contributed by atoms with van der Waals surface area (Å²) >= 11 is 0. The number of carbonyl (C=O) groups is 1. The van der Waals surface area contributed by atoms with Crippen molar-refractivity contribution >= 4 is 16.0 Å². The Bertz CT molecular complexity index is 463. The van der Waals surface area contributed by atoms with Crippen molar-refractivity contribution in [2.24, 2.45) is 5.14 Å². The number of aromatic carboxylic acids is 1. The van der Waals surface area contributed by atoms with E-state index in [1.54, 1.807) is 0 Å². The van der Waals surface area contributed by atoms with Crippen molar-refractivity contribution in [3.05, 3.63) is 35.4 Å². The molecule has 0 saturated carbocycles. The molecule has 1 aromatic carbocycles. The predicted molar refractivity (Wildman–Crippen MR) is 54.9 cm³/mol. The first-order chi connectivity index (χ1) is 6.82. The Hall–Kier alpha value is -1.40. The highest BCUT2D eigenvalue weighted by Gasteiger charge is 2.17. The van der Waals surface area contributed by atoms with Gasteiger partial charge in [-0.2, -0.15) is 0 Å². The first-order valence-electron chi connectivity index (χ1n) is 4.17. The van der Waals surface area contributed by atoms with Gasteiger partial charge in [0.05, 0.1) is 10.8 Å². The van der Waals surface area contributed by atoms with Gasteiger partial charge in [-0.15, -0.1) is 0 Å². The van der Waals surface area contributed by atoms with Gasteiger partial charge in [0.2, 0.25) is 10.0 Å². The Morgan fingerprint density at radius 1 is 1.33 bits per heavy atom. The third kappa shape index (κ3) is 2.77. The van der Waals surface area contributed by atoms with Crippen molar-refractivity contribution in [2.75, 3.05) is 0 Å². The number of hydrogen-bond donors (Lipinski definition) is 2. The average Bonchev–Trinajstić information content (AvgIpc) is 2.15. The number of primary sulfonamides is 1. The summed E-state index contributed by atoms with van der Waals surface area (Å²) in [6.45, 7) is 1.45. The first kappa shape index (κ1) is 11.7. The van der Waals surface area contributed by atoms with Gasteiger partial charge >= 0.3 is 5.97 Å². The molecule has 3 N–H and O–H groups in total. The SMILES string of the molecule is C[C@@H](c1ccc(C(=O)O)cc1)S(N)(=O)=O. The second kappa shape index (κ2) is 4.00. The predicted octanol–water partition coefficient (Wildman–Crippen LogP) is 0.734. The highest BCUT2D eigenvalue weighted by molar-refractivity contribution is 7.89. The second-order valence-corrected chi connectivity index (χ2v) is 5.04. The summed E-state index contributed by atoms with van der Waals surface area (Å²) in [5, 5.41) is 12.8. The molecule has 0 amide bonds. The van der Waals surface area contributed by atoms with Crippen molar-refractivity contribution in [3.8, 4) is 0 Å². The van der Waals surface area contributed by atoms with Crippen LogP contribution in [-0.4, -0.2) is 19.5 Å². The lowest BCUT2D eigenvalue weighted by Crippen LogP contribution is -2.19. The molecular formula is C9H11NO4S. The van der Waals surface area contributed by atoms with Crippen LogP contribution in [0.2, 0.25) is 0 Å². The van der Waals surface area contributed by atoms with Crippen LogP contribution in [0.5, 0.6) is 0 Å². The van der Waals surface area contributed by atoms with Crippen LogP contribution < -0.4 is 5.14 Å². The van der Waals surface area contributed by atoms with Crippen LogP contribution in [0.4, 0.5) is 0 Å². The van der Waals surface area contributed by atoms with Crippen LogP contribution in [-0.2, 0) is 10.0 Å². The molecule has 0 aliphatic heterocycles. The minimum absolute atomic E-state index is 0.111. The minimum atomic E-state index is -3.64. The number of nitrogens with two attached hydrogens (primary N) is 1. The molecule has 6 heteroatoms. The zero-order valence-corrected chi connectivity index (χ0v) is 8.86. The molecule has 5 nitrogen and oxygen atoms in total. The minimum Gasteiger partial charge on any atom is -0.478 e. The molecule has 0 spiro atoms. The third-order valence-electron chi connectivity index (χ3n) is 2.12. The molecule has 0 fully saturated rings. The molecule has 0 aliphatic carbocycles. The lowest BCUT2D eigenvalue weighted by Gasteiger charge is -2.08. The van der Waals surface area contributed by atoms with Gasteiger partial charge in [0.25, 0.3) is 0 Å². The van der Waals surface area contributed by atoms with Gasteiger partial charge in [0.15, 0.2) is 0 Å². The average molecular weight is 229 g/mol.